The molecule has 1 unspecified atom stereocenters. The first kappa shape index (κ1) is 16.7. The van der Waals surface area contributed by atoms with E-state index in [0.29, 0.717) is 19.1 Å². The van der Waals surface area contributed by atoms with Gasteiger partial charge in [-0.2, -0.15) is 0 Å². The number of hydrogen-bond donors (Lipinski definition) is 3. The van der Waals surface area contributed by atoms with Crippen LogP contribution >= 0.6 is 0 Å². The highest BCUT2D eigenvalue weighted by Gasteiger charge is 2.12. The van der Waals surface area contributed by atoms with Crippen LogP contribution in [0.3, 0.4) is 0 Å². The van der Waals surface area contributed by atoms with Gasteiger partial charge in [-0.25, -0.2) is 0 Å². The van der Waals surface area contributed by atoms with E-state index >= 15 is 0 Å². The molecule has 3 N–H and O–H groups in total. The van der Waals surface area contributed by atoms with Gasteiger partial charge in [0.2, 0.25) is 5.91 Å². The Morgan fingerprint density at radius 2 is 2.05 bits per heavy atom. The minimum atomic E-state index is -0.910. The summed E-state index contributed by atoms with van der Waals surface area (Å²) in [5, 5.41) is 14.1. The van der Waals surface area contributed by atoms with Crippen molar-refractivity contribution in [3.8, 4) is 0 Å². The van der Waals surface area contributed by atoms with Gasteiger partial charge >= 0.3 is 5.97 Å². The Bertz CT molecular complexity index is 502. The lowest BCUT2D eigenvalue weighted by molar-refractivity contribution is -0.137. The number of aryl methyl sites for hydroxylation is 1. The molecule has 0 aliphatic rings. The molecule has 0 aliphatic heterocycles. The van der Waals surface area contributed by atoms with E-state index in [1.165, 1.54) is 0 Å². The topological polar surface area (TPSA) is 95.5 Å². The second-order valence-electron chi connectivity index (χ2n) is 4.76. The van der Waals surface area contributed by atoms with Gasteiger partial charge in [0.05, 0.1) is 12.6 Å². The number of para-hydroxylation sites is 1. The maximum absolute atomic E-state index is 11.7. The van der Waals surface area contributed by atoms with Crippen LogP contribution in [0.4, 0.5) is 5.69 Å². The average Bonchev–Trinajstić information content (AvgIpc) is 2.45. The Morgan fingerprint density at radius 3 is 2.67 bits per heavy atom. The number of carboxylic acid groups (broad SMARTS) is 1. The first-order valence-electron chi connectivity index (χ1n) is 6.79. The van der Waals surface area contributed by atoms with E-state index < -0.39 is 12.0 Å². The second kappa shape index (κ2) is 8.73. The van der Waals surface area contributed by atoms with Gasteiger partial charge in [0, 0.05) is 12.1 Å². The second-order valence-corrected chi connectivity index (χ2v) is 4.76. The molecule has 0 heterocycles. The lowest BCUT2D eigenvalue weighted by atomic mass is 10.1. The van der Waals surface area contributed by atoms with Crippen LogP contribution < -0.4 is 10.6 Å². The van der Waals surface area contributed by atoms with Crippen LogP contribution in [0.1, 0.15) is 24.8 Å². The van der Waals surface area contributed by atoms with E-state index in [1.54, 1.807) is 0 Å². The Morgan fingerprint density at radius 1 is 1.33 bits per heavy atom. The van der Waals surface area contributed by atoms with Crippen molar-refractivity contribution in [1.29, 1.82) is 0 Å². The standard InChI is InChI=1S/C15H20N2O4/c1-11-5-2-3-7-13(11)16-9-14(19)17-12(10-18)6-4-8-15(20)21/h2-3,5,7,10,12,16H,4,6,8-9H2,1H3,(H,17,19)(H,20,21). The smallest absolute Gasteiger partial charge is 0.303 e. The lowest BCUT2D eigenvalue weighted by Crippen LogP contribution is -2.39. The molecule has 1 atom stereocenters. The van der Waals surface area contributed by atoms with Gasteiger partial charge in [0.15, 0.2) is 0 Å². The molecule has 0 radical (unpaired) electrons. The summed E-state index contributed by atoms with van der Waals surface area (Å²) in [7, 11) is 0. The number of carbonyl (C=O) groups excluding carboxylic acids is 2. The summed E-state index contributed by atoms with van der Waals surface area (Å²) >= 11 is 0. The van der Waals surface area contributed by atoms with Crippen molar-refractivity contribution in [1.82, 2.24) is 5.32 Å². The number of rotatable bonds is 9. The minimum Gasteiger partial charge on any atom is -0.481 e. The summed E-state index contributed by atoms with van der Waals surface area (Å²) in [6.07, 6.45) is 1.30. The van der Waals surface area contributed by atoms with Crippen molar-refractivity contribution in [3.63, 3.8) is 0 Å². The van der Waals surface area contributed by atoms with Gasteiger partial charge in [0.25, 0.3) is 0 Å². The maximum atomic E-state index is 11.7. The van der Waals surface area contributed by atoms with Crippen LogP contribution in [-0.4, -0.2) is 35.9 Å². The summed E-state index contributed by atoms with van der Waals surface area (Å²) < 4.78 is 0. The summed E-state index contributed by atoms with van der Waals surface area (Å²) in [5.74, 6) is -1.21. The molecule has 0 aromatic heterocycles. The van der Waals surface area contributed by atoms with Gasteiger partial charge in [-0.1, -0.05) is 18.2 Å². The van der Waals surface area contributed by atoms with Crippen LogP contribution in [-0.2, 0) is 14.4 Å². The summed E-state index contributed by atoms with van der Waals surface area (Å²) in [6.45, 7) is 1.99. The van der Waals surface area contributed by atoms with Crippen LogP contribution in [0, 0.1) is 6.92 Å². The summed E-state index contributed by atoms with van der Waals surface area (Å²) in [5.41, 5.74) is 1.89. The molecular formula is C15H20N2O4. The number of anilines is 1. The normalized spacial score (nSPS) is 11.5. The van der Waals surface area contributed by atoms with E-state index in [-0.39, 0.29) is 18.9 Å². The van der Waals surface area contributed by atoms with Gasteiger partial charge in [-0.05, 0) is 31.4 Å². The van der Waals surface area contributed by atoms with E-state index in [2.05, 4.69) is 10.6 Å². The van der Waals surface area contributed by atoms with Gasteiger partial charge < -0.3 is 20.5 Å². The van der Waals surface area contributed by atoms with Crippen molar-refractivity contribution in [3.05, 3.63) is 29.8 Å². The van der Waals surface area contributed by atoms with Crippen LogP contribution in [0.5, 0.6) is 0 Å². The highest BCUT2D eigenvalue weighted by Crippen LogP contribution is 2.12. The molecule has 21 heavy (non-hydrogen) atoms. The molecule has 1 amide bonds. The van der Waals surface area contributed by atoms with Crippen molar-refractivity contribution in [2.75, 3.05) is 11.9 Å². The van der Waals surface area contributed by atoms with Crippen LogP contribution in [0.2, 0.25) is 0 Å². The average molecular weight is 292 g/mol. The van der Waals surface area contributed by atoms with Crippen molar-refractivity contribution < 1.29 is 19.5 Å². The maximum Gasteiger partial charge on any atom is 0.303 e. The van der Waals surface area contributed by atoms with Crippen molar-refractivity contribution in [2.24, 2.45) is 0 Å². The zero-order valence-corrected chi connectivity index (χ0v) is 12.0. The van der Waals surface area contributed by atoms with E-state index in [4.69, 9.17) is 5.11 Å². The molecular weight excluding hydrogens is 272 g/mol. The number of nitrogens with one attached hydrogen (secondary N) is 2. The third kappa shape index (κ3) is 6.56. The molecule has 0 saturated carbocycles. The van der Waals surface area contributed by atoms with E-state index in [9.17, 15) is 14.4 Å². The molecule has 0 bridgehead atoms. The third-order valence-electron chi connectivity index (χ3n) is 3.00. The lowest BCUT2D eigenvalue weighted by Gasteiger charge is -2.13. The monoisotopic (exact) mass is 292 g/mol. The quantitative estimate of drug-likeness (QED) is 0.597. The summed E-state index contributed by atoms with van der Waals surface area (Å²) in [6, 6.07) is 6.93. The van der Waals surface area contributed by atoms with Gasteiger partial charge in [-0.3, -0.25) is 9.59 Å². The molecule has 0 saturated heterocycles. The SMILES string of the molecule is Cc1ccccc1NCC(=O)NC(C=O)CCCC(=O)O. The number of amides is 1. The zero-order chi connectivity index (χ0) is 15.7. The van der Waals surface area contributed by atoms with Crippen molar-refractivity contribution in [2.45, 2.75) is 32.2 Å². The molecule has 1 aromatic rings. The predicted molar refractivity (Wildman–Crippen MR) is 79.2 cm³/mol. The third-order valence-corrected chi connectivity index (χ3v) is 3.00. The zero-order valence-electron chi connectivity index (χ0n) is 12.0. The summed E-state index contributed by atoms with van der Waals surface area (Å²) in [4.78, 5) is 33.0. The number of benzene rings is 1. The Hall–Kier alpha value is -2.37. The minimum absolute atomic E-state index is 0.0122. The molecule has 6 heteroatoms. The molecule has 0 fully saturated rings. The highest BCUT2D eigenvalue weighted by molar-refractivity contribution is 5.83. The Kier molecular flexibility index (Phi) is 6.94. The highest BCUT2D eigenvalue weighted by atomic mass is 16.4. The number of hydrogen-bond acceptors (Lipinski definition) is 4. The fourth-order valence-electron chi connectivity index (χ4n) is 1.85. The van der Waals surface area contributed by atoms with Crippen LogP contribution in [0.15, 0.2) is 24.3 Å². The number of aldehydes is 1. The number of aliphatic carboxylic acids is 1. The number of carboxylic acids is 1. The van der Waals surface area contributed by atoms with Gasteiger partial charge in [-0.15, -0.1) is 0 Å². The molecule has 0 aliphatic carbocycles. The molecule has 114 valence electrons. The molecule has 6 nitrogen and oxygen atoms in total. The van der Waals surface area contributed by atoms with Crippen molar-refractivity contribution >= 4 is 23.9 Å². The first-order valence-corrected chi connectivity index (χ1v) is 6.79. The number of carbonyl (C=O) groups is 3. The van der Waals surface area contributed by atoms with E-state index in [1.807, 2.05) is 31.2 Å². The van der Waals surface area contributed by atoms with Gasteiger partial charge in [0.1, 0.15) is 6.29 Å². The molecule has 1 aromatic carbocycles. The molecule has 1 rings (SSSR count). The predicted octanol–water partition coefficient (Wildman–Crippen LogP) is 1.35. The Labute approximate surface area is 123 Å². The first-order chi connectivity index (χ1) is 10.0. The largest absolute Gasteiger partial charge is 0.481 e. The van der Waals surface area contributed by atoms with Crippen LogP contribution in [0.25, 0.3) is 0 Å². The molecule has 0 spiro atoms. The fraction of sp³-hybridized carbons (Fsp3) is 0.400. The Balaban J connectivity index is 2.36. The fourth-order valence-corrected chi connectivity index (χ4v) is 1.85. The van der Waals surface area contributed by atoms with E-state index in [0.717, 1.165) is 11.3 Å².